The van der Waals surface area contributed by atoms with Crippen LogP contribution in [-0.2, 0) is 19.0 Å². The molecule has 0 bridgehead atoms. The number of carbonyl (C=O) groups excluding carboxylic acids is 1. The molecule has 4 atom stereocenters. The van der Waals surface area contributed by atoms with Gasteiger partial charge < -0.3 is 24.4 Å². The van der Waals surface area contributed by atoms with Crippen molar-refractivity contribution < 1.29 is 19.0 Å². The van der Waals surface area contributed by atoms with Crippen LogP contribution in [0.25, 0.3) is 0 Å². The second kappa shape index (κ2) is 5.97. The molecule has 0 aliphatic carbocycles. The van der Waals surface area contributed by atoms with Crippen molar-refractivity contribution in [1.82, 2.24) is 10.2 Å². The predicted molar refractivity (Wildman–Crippen MR) is 65.4 cm³/mol. The van der Waals surface area contributed by atoms with Crippen LogP contribution >= 0.6 is 0 Å². The summed E-state index contributed by atoms with van der Waals surface area (Å²) in [4.78, 5) is 14.1. The second-order valence-corrected chi connectivity index (χ2v) is 4.85. The summed E-state index contributed by atoms with van der Waals surface area (Å²) in [6.45, 7) is 1.94. The quantitative estimate of drug-likeness (QED) is 0.718. The van der Waals surface area contributed by atoms with Gasteiger partial charge in [0.05, 0.1) is 12.1 Å². The molecular weight excluding hydrogens is 236 g/mol. The van der Waals surface area contributed by atoms with E-state index in [4.69, 9.17) is 14.2 Å². The van der Waals surface area contributed by atoms with E-state index in [1.54, 1.807) is 21.3 Å². The van der Waals surface area contributed by atoms with Gasteiger partial charge in [0.2, 0.25) is 5.91 Å². The van der Waals surface area contributed by atoms with Crippen molar-refractivity contribution in [3.05, 3.63) is 0 Å². The van der Waals surface area contributed by atoms with Crippen molar-refractivity contribution in [3.8, 4) is 0 Å². The third-order valence-corrected chi connectivity index (χ3v) is 3.85. The summed E-state index contributed by atoms with van der Waals surface area (Å²) in [6.07, 6.45) is 0.816. The van der Waals surface area contributed by atoms with Gasteiger partial charge in [0.15, 0.2) is 0 Å². The predicted octanol–water partition coefficient (Wildman–Crippen LogP) is -0.764. The fourth-order valence-corrected chi connectivity index (χ4v) is 2.67. The molecule has 2 aliphatic rings. The first-order valence-corrected chi connectivity index (χ1v) is 6.30. The Morgan fingerprint density at radius 2 is 1.72 bits per heavy atom. The molecule has 0 aromatic carbocycles. The van der Waals surface area contributed by atoms with Crippen LogP contribution in [0.5, 0.6) is 0 Å². The van der Waals surface area contributed by atoms with E-state index in [1.165, 1.54) is 0 Å². The monoisotopic (exact) mass is 258 g/mol. The number of ether oxygens (including phenoxy) is 3. The molecule has 0 aromatic heterocycles. The number of amides is 1. The van der Waals surface area contributed by atoms with Crippen molar-refractivity contribution in [2.75, 3.05) is 41.0 Å². The Hall–Kier alpha value is -0.690. The normalized spacial score (nSPS) is 36.3. The van der Waals surface area contributed by atoms with Crippen LogP contribution in [-0.4, -0.2) is 76.1 Å². The largest absolute Gasteiger partial charge is 0.380 e. The smallest absolute Gasteiger partial charge is 0.239 e. The Morgan fingerprint density at radius 3 is 2.17 bits per heavy atom. The lowest BCUT2D eigenvalue weighted by Gasteiger charge is -2.20. The van der Waals surface area contributed by atoms with Gasteiger partial charge in [0, 0.05) is 41.0 Å². The second-order valence-electron chi connectivity index (χ2n) is 4.85. The van der Waals surface area contributed by atoms with Crippen LogP contribution < -0.4 is 5.32 Å². The first kappa shape index (κ1) is 13.7. The van der Waals surface area contributed by atoms with Crippen LogP contribution in [0.4, 0.5) is 0 Å². The van der Waals surface area contributed by atoms with E-state index in [0.29, 0.717) is 13.1 Å². The highest BCUT2D eigenvalue weighted by Gasteiger charge is 2.39. The Kier molecular flexibility index (Phi) is 4.55. The SMILES string of the molecule is COC1CNC(C(=O)N2CC(OC)C(OC)C2)C1. The molecule has 1 amide bonds. The summed E-state index contributed by atoms with van der Waals surface area (Å²) in [5.41, 5.74) is 0. The van der Waals surface area contributed by atoms with Gasteiger partial charge in [-0.1, -0.05) is 0 Å². The molecule has 2 heterocycles. The molecular formula is C12H22N2O4. The maximum atomic E-state index is 12.3. The highest BCUT2D eigenvalue weighted by molar-refractivity contribution is 5.82. The van der Waals surface area contributed by atoms with Crippen molar-refractivity contribution in [2.45, 2.75) is 30.8 Å². The van der Waals surface area contributed by atoms with E-state index < -0.39 is 0 Å². The topological polar surface area (TPSA) is 60.0 Å². The lowest BCUT2D eigenvalue weighted by atomic mass is 10.2. The van der Waals surface area contributed by atoms with Gasteiger partial charge in [-0.15, -0.1) is 0 Å². The van der Waals surface area contributed by atoms with Gasteiger partial charge >= 0.3 is 0 Å². The average Bonchev–Trinajstić information content (AvgIpc) is 3.03. The number of hydrogen-bond donors (Lipinski definition) is 1. The summed E-state index contributed by atoms with van der Waals surface area (Å²) in [7, 11) is 4.98. The Bertz CT molecular complexity index is 288. The molecule has 6 heteroatoms. The Balaban J connectivity index is 1.91. The summed E-state index contributed by atoms with van der Waals surface area (Å²) in [5.74, 6) is 0.121. The van der Waals surface area contributed by atoms with Crippen LogP contribution in [0.1, 0.15) is 6.42 Å². The summed E-state index contributed by atoms with van der Waals surface area (Å²) in [5, 5.41) is 3.20. The Labute approximate surface area is 108 Å². The van der Waals surface area contributed by atoms with Crippen molar-refractivity contribution >= 4 is 5.91 Å². The molecule has 18 heavy (non-hydrogen) atoms. The van der Waals surface area contributed by atoms with E-state index >= 15 is 0 Å². The molecule has 2 fully saturated rings. The third kappa shape index (κ3) is 2.66. The first-order valence-electron chi connectivity index (χ1n) is 6.30. The zero-order valence-electron chi connectivity index (χ0n) is 11.2. The van der Waals surface area contributed by atoms with Gasteiger partial charge in [-0.2, -0.15) is 0 Å². The van der Waals surface area contributed by atoms with Gasteiger partial charge in [-0.3, -0.25) is 4.79 Å². The third-order valence-electron chi connectivity index (χ3n) is 3.85. The van der Waals surface area contributed by atoms with E-state index in [0.717, 1.165) is 13.0 Å². The number of methoxy groups -OCH3 is 3. The summed E-state index contributed by atoms with van der Waals surface area (Å²) >= 11 is 0. The standard InChI is InChI=1S/C12H22N2O4/c1-16-8-4-9(13-5-8)12(15)14-6-10(17-2)11(7-14)18-3/h8-11,13H,4-7H2,1-3H3. The number of nitrogens with zero attached hydrogens (tertiary/aromatic N) is 1. The maximum absolute atomic E-state index is 12.3. The maximum Gasteiger partial charge on any atom is 0.239 e. The summed E-state index contributed by atoms with van der Waals surface area (Å²) < 4.78 is 15.9. The van der Waals surface area contributed by atoms with E-state index in [1.807, 2.05) is 4.90 Å². The highest BCUT2D eigenvalue weighted by atomic mass is 16.5. The molecule has 0 radical (unpaired) electrons. The van der Waals surface area contributed by atoms with Crippen molar-refractivity contribution in [1.29, 1.82) is 0 Å². The molecule has 2 aliphatic heterocycles. The molecule has 0 aromatic rings. The molecule has 0 saturated carbocycles. The Morgan fingerprint density at radius 1 is 1.11 bits per heavy atom. The molecule has 1 N–H and O–H groups in total. The van der Waals surface area contributed by atoms with Crippen molar-refractivity contribution in [3.63, 3.8) is 0 Å². The van der Waals surface area contributed by atoms with Gasteiger partial charge in [-0.05, 0) is 6.42 Å². The number of hydrogen-bond acceptors (Lipinski definition) is 5. The van der Waals surface area contributed by atoms with Crippen LogP contribution in [0.2, 0.25) is 0 Å². The minimum Gasteiger partial charge on any atom is -0.380 e. The average molecular weight is 258 g/mol. The van der Waals surface area contributed by atoms with E-state index in [-0.39, 0.29) is 30.3 Å². The number of carbonyl (C=O) groups is 1. The number of likely N-dealkylation sites (tertiary alicyclic amines) is 1. The zero-order valence-corrected chi connectivity index (χ0v) is 11.2. The lowest BCUT2D eigenvalue weighted by molar-refractivity contribution is -0.132. The van der Waals surface area contributed by atoms with Gasteiger partial charge in [-0.25, -0.2) is 0 Å². The molecule has 0 spiro atoms. The molecule has 2 saturated heterocycles. The van der Waals surface area contributed by atoms with Crippen LogP contribution in [0.3, 0.4) is 0 Å². The molecule has 2 rings (SSSR count). The minimum absolute atomic E-state index is 0.0291. The van der Waals surface area contributed by atoms with Gasteiger partial charge in [0.25, 0.3) is 0 Å². The number of nitrogens with one attached hydrogen (secondary N) is 1. The first-order chi connectivity index (χ1) is 8.69. The fraction of sp³-hybridized carbons (Fsp3) is 0.917. The minimum atomic E-state index is -0.136. The van der Waals surface area contributed by atoms with Crippen LogP contribution in [0, 0.1) is 0 Å². The van der Waals surface area contributed by atoms with Crippen molar-refractivity contribution in [2.24, 2.45) is 0 Å². The lowest BCUT2D eigenvalue weighted by Crippen LogP contribution is -2.43. The van der Waals surface area contributed by atoms with Crippen LogP contribution in [0.15, 0.2) is 0 Å². The van der Waals surface area contributed by atoms with Gasteiger partial charge in [0.1, 0.15) is 12.2 Å². The summed E-state index contributed by atoms with van der Waals surface area (Å²) in [6, 6.07) is -0.136. The van der Waals surface area contributed by atoms with E-state index in [2.05, 4.69) is 5.32 Å². The van der Waals surface area contributed by atoms with E-state index in [9.17, 15) is 4.79 Å². The molecule has 4 unspecified atom stereocenters. The molecule has 6 nitrogen and oxygen atoms in total. The molecule has 104 valence electrons. The highest BCUT2D eigenvalue weighted by Crippen LogP contribution is 2.19. The fourth-order valence-electron chi connectivity index (χ4n) is 2.67. The zero-order chi connectivity index (χ0) is 13.1. The number of rotatable bonds is 4.